The Morgan fingerprint density at radius 3 is 0.731 bits per heavy atom. The zero-order valence-corrected chi connectivity index (χ0v) is 31.2. The van der Waals surface area contributed by atoms with Gasteiger partial charge in [-0.1, -0.05) is 133 Å². The van der Waals surface area contributed by atoms with E-state index in [9.17, 15) is 54.8 Å². The van der Waals surface area contributed by atoms with Gasteiger partial charge in [-0.3, -0.25) is 0 Å². The third-order valence-electron chi connectivity index (χ3n) is 7.35. The molecule has 13 heteroatoms. The monoisotopic (exact) mass is 777 g/mol. The molecule has 3 aromatic carbocycles. The molecule has 0 aliphatic rings. The molecule has 283 valence electrons. The van der Waals surface area contributed by atoms with Crippen molar-refractivity contribution < 1.29 is 76.6 Å². The largest absolute Gasteiger partial charge is 3.00 e. The van der Waals surface area contributed by atoms with Gasteiger partial charge in [0.25, 0.3) is 0 Å². The Hall–Kier alpha value is -3.64. The number of alkyl halides is 9. The molecule has 3 nitrogen and oxygen atoms in total. The Labute approximate surface area is 314 Å². The van der Waals surface area contributed by atoms with Crippen LogP contribution < -0.4 is 15.3 Å². The van der Waals surface area contributed by atoms with Crippen molar-refractivity contribution in [2.24, 2.45) is 16.2 Å². The first kappa shape index (κ1) is 48.4. The van der Waals surface area contributed by atoms with Crippen molar-refractivity contribution in [2.45, 2.75) is 79.3 Å². The second kappa shape index (κ2) is 20.0. The Kier molecular flexibility index (Phi) is 18.6. The Bertz CT molecular complexity index is 1370. The van der Waals surface area contributed by atoms with E-state index in [1.165, 1.54) is 41.5 Å². The molecule has 0 aromatic heterocycles. The van der Waals surface area contributed by atoms with E-state index in [-0.39, 0.29) is 39.9 Å². The number of hydrogen-bond donors (Lipinski definition) is 0. The SMILES string of the molecule is CC(C)(Cc1ccccc1)/C([O-])=C/C(F)(F)F.CC(C)(Cc1ccccc1)/C([O-])=C\C(F)(F)F.CC(C)(Cc1ccccc1)/C([O-])=C\C(F)(F)F.[Ti+3]. The minimum absolute atomic E-state index is 0. The first-order valence-electron chi connectivity index (χ1n) is 15.6. The van der Waals surface area contributed by atoms with Crippen molar-refractivity contribution in [3.8, 4) is 0 Å². The van der Waals surface area contributed by atoms with Crippen LogP contribution in [-0.4, -0.2) is 18.5 Å². The van der Waals surface area contributed by atoms with E-state index in [0.717, 1.165) is 16.7 Å². The number of benzene rings is 3. The van der Waals surface area contributed by atoms with Crippen LogP contribution in [0.3, 0.4) is 0 Å². The fraction of sp³-hybridized carbons (Fsp3) is 0.385. The third-order valence-corrected chi connectivity index (χ3v) is 7.35. The van der Waals surface area contributed by atoms with Crippen molar-refractivity contribution >= 4 is 0 Å². The van der Waals surface area contributed by atoms with Gasteiger partial charge in [0, 0.05) is 18.2 Å². The van der Waals surface area contributed by atoms with Crippen molar-refractivity contribution in [1.29, 1.82) is 0 Å². The summed E-state index contributed by atoms with van der Waals surface area (Å²) in [5, 5.41) is 34.5. The van der Waals surface area contributed by atoms with Crippen LogP contribution in [-0.2, 0) is 41.0 Å². The summed E-state index contributed by atoms with van der Waals surface area (Å²) in [7, 11) is 0. The fourth-order valence-electron chi connectivity index (χ4n) is 4.61. The molecule has 0 heterocycles. The molecule has 0 aliphatic heterocycles. The third kappa shape index (κ3) is 20.4. The molecule has 0 spiro atoms. The Balaban J connectivity index is 0.000000743. The van der Waals surface area contributed by atoms with Crippen LogP contribution in [0.25, 0.3) is 0 Å². The molecule has 0 saturated heterocycles. The first-order chi connectivity index (χ1) is 23.1. The van der Waals surface area contributed by atoms with Gasteiger partial charge in [0.05, 0.1) is 0 Å². The predicted octanol–water partition coefficient (Wildman–Crippen LogP) is 9.18. The normalized spacial score (nSPS) is 13.6. The summed E-state index contributed by atoms with van der Waals surface area (Å²) in [5.74, 6) is -2.68. The maximum atomic E-state index is 12.1. The predicted molar refractivity (Wildman–Crippen MR) is 174 cm³/mol. The Morgan fingerprint density at radius 1 is 0.404 bits per heavy atom. The summed E-state index contributed by atoms with van der Waals surface area (Å²) in [4.78, 5) is 0. The molecule has 0 unspecified atom stereocenters. The topological polar surface area (TPSA) is 69.2 Å². The molecular formula is C39H42F9O3Ti. The van der Waals surface area contributed by atoms with Crippen LogP contribution in [0.1, 0.15) is 58.2 Å². The molecule has 0 N–H and O–H groups in total. The van der Waals surface area contributed by atoms with Crippen LogP contribution in [0.5, 0.6) is 0 Å². The molecule has 0 bridgehead atoms. The van der Waals surface area contributed by atoms with E-state index in [0.29, 0.717) is 19.3 Å². The molecule has 0 saturated carbocycles. The van der Waals surface area contributed by atoms with Crippen molar-refractivity contribution in [3.63, 3.8) is 0 Å². The molecule has 0 atom stereocenters. The van der Waals surface area contributed by atoms with E-state index in [2.05, 4.69) is 0 Å². The number of hydrogen-bond acceptors (Lipinski definition) is 3. The van der Waals surface area contributed by atoms with Crippen molar-refractivity contribution in [3.05, 3.63) is 143 Å². The van der Waals surface area contributed by atoms with Gasteiger partial charge in [-0.2, -0.15) is 39.5 Å². The minimum atomic E-state index is -4.55. The summed E-state index contributed by atoms with van der Waals surface area (Å²) in [6.45, 7) is 9.11. The van der Waals surface area contributed by atoms with E-state index < -0.39 is 52.1 Å². The molecule has 0 aliphatic carbocycles. The maximum absolute atomic E-state index is 12.1. The van der Waals surface area contributed by atoms with Gasteiger partial charge in [-0.05, 0) is 52.2 Å². The van der Waals surface area contributed by atoms with Gasteiger partial charge in [0.2, 0.25) is 0 Å². The molecule has 3 rings (SSSR count). The van der Waals surface area contributed by atoms with Crippen LogP contribution in [0.4, 0.5) is 39.5 Å². The van der Waals surface area contributed by atoms with Gasteiger partial charge in [-0.15, -0.1) is 17.3 Å². The van der Waals surface area contributed by atoms with Crippen LogP contribution in [0, 0.1) is 16.2 Å². The minimum Gasteiger partial charge on any atom is -0.875 e. The average Bonchev–Trinajstić information content (AvgIpc) is 2.96. The average molecular weight is 778 g/mol. The van der Waals surface area contributed by atoms with Gasteiger partial charge >= 0.3 is 40.2 Å². The van der Waals surface area contributed by atoms with Crippen LogP contribution >= 0.6 is 0 Å². The first-order valence-corrected chi connectivity index (χ1v) is 15.6. The maximum Gasteiger partial charge on any atom is 3.00 e. The molecule has 3 aromatic rings. The number of allylic oxidation sites excluding steroid dienone is 6. The quantitative estimate of drug-likeness (QED) is 0.124. The van der Waals surface area contributed by atoms with E-state index >= 15 is 0 Å². The van der Waals surface area contributed by atoms with Crippen LogP contribution in [0.2, 0.25) is 0 Å². The molecule has 1 radical (unpaired) electrons. The Morgan fingerprint density at radius 2 is 0.577 bits per heavy atom. The van der Waals surface area contributed by atoms with Crippen molar-refractivity contribution in [2.75, 3.05) is 0 Å². The fourth-order valence-corrected chi connectivity index (χ4v) is 4.61. The molecular weight excluding hydrogens is 735 g/mol. The number of halogens is 9. The zero-order chi connectivity index (χ0) is 39.3. The van der Waals surface area contributed by atoms with Crippen LogP contribution in [0.15, 0.2) is 127 Å². The zero-order valence-electron chi connectivity index (χ0n) is 29.6. The summed E-state index contributed by atoms with van der Waals surface area (Å²) in [5.41, 5.74) is -0.589. The molecule has 0 fully saturated rings. The van der Waals surface area contributed by atoms with E-state index in [4.69, 9.17) is 0 Å². The second-order valence-electron chi connectivity index (χ2n) is 13.8. The number of rotatable bonds is 9. The smallest absolute Gasteiger partial charge is 0.875 e. The molecule has 52 heavy (non-hydrogen) atoms. The summed E-state index contributed by atoms with van der Waals surface area (Å²) >= 11 is 0. The van der Waals surface area contributed by atoms with Gasteiger partial charge < -0.3 is 15.3 Å². The standard InChI is InChI=1S/3C13H15F3O.Ti/c3*1-12(2,11(17)9-13(14,15)16)8-10-6-4-3-5-7-10;/h3*3-7,9,17H,8H2,1-2H3;/q;;;+3/p-3/b2*11-9+;11-9-;. The summed E-state index contributed by atoms with van der Waals surface area (Å²) in [6.07, 6.45) is -13.2. The van der Waals surface area contributed by atoms with Gasteiger partial charge in [0.15, 0.2) is 0 Å². The van der Waals surface area contributed by atoms with Crippen molar-refractivity contribution in [1.82, 2.24) is 0 Å². The van der Waals surface area contributed by atoms with E-state index in [1.807, 2.05) is 18.2 Å². The second-order valence-corrected chi connectivity index (χ2v) is 13.8. The molecule has 0 amide bonds. The van der Waals surface area contributed by atoms with E-state index in [1.54, 1.807) is 72.8 Å². The van der Waals surface area contributed by atoms with Gasteiger partial charge in [0.1, 0.15) is 0 Å². The van der Waals surface area contributed by atoms with Gasteiger partial charge in [-0.25, -0.2) is 0 Å². The summed E-state index contributed by atoms with van der Waals surface area (Å²) in [6, 6.07) is 27.0. The summed E-state index contributed by atoms with van der Waals surface area (Å²) < 4.78 is 109.